The van der Waals surface area contributed by atoms with Crippen LogP contribution in [0.3, 0.4) is 0 Å². The van der Waals surface area contributed by atoms with E-state index in [1.807, 2.05) is 0 Å². The molecular formula is C17H23N3O2. The molecule has 3 fully saturated rings. The molecule has 22 heavy (non-hydrogen) atoms. The standard InChI is InChI=1S/C17H23N3O2/c1-2-4-11(5-3-1)17-18-16(19-22-17)10-20-8-12-13(9-20)15-7-6-14(12)21-15/h6-7,11-15H,1-5,8-10H2. The van der Waals surface area contributed by atoms with Crippen LogP contribution in [0.2, 0.25) is 0 Å². The quantitative estimate of drug-likeness (QED) is 0.803. The Morgan fingerprint density at radius 1 is 1.05 bits per heavy atom. The van der Waals surface area contributed by atoms with Crippen LogP contribution in [0.15, 0.2) is 16.7 Å². The molecule has 4 atom stereocenters. The van der Waals surface area contributed by atoms with Gasteiger partial charge in [0.25, 0.3) is 0 Å². The molecular weight excluding hydrogens is 278 g/mol. The number of hydrogen-bond donors (Lipinski definition) is 0. The lowest BCUT2D eigenvalue weighted by atomic mass is 9.86. The van der Waals surface area contributed by atoms with Crippen LogP contribution in [-0.2, 0) is 11.3 Å². The molecule has 2 bridgehead atoms. The number of nitrogens with zero attached hydrogens (tertiary/aromatic N) is 3. The predicted octanol–water partition coefficient (Wildman–Crippen LogP) is 2.50. The molecule has 5 rings (SSSR count). The maximum atomic E-state index is 5.93. The topological polar surface area (TPSA) is 51.4 Å². The molecule has 5 nitrogen and oxygen atoms in total. The molecule has 4 aliphatic rings. The van der Waals surface area contributed by atoms with E-state index >= 15 is 0 Å². The van der Waals surface area contributed by atoms with Crippen LogP contribution in [0, 0.1) is 11.8 Å². The Bertz CT molecular complexity index is 558. The molecule has 4 heterocycles. The van der Waals surface area contributed by atoms with E-state index in [9.17, 15) is 0 Å². The van der Waals surface area contributed by atoms with Gasteiger partial charge in [-0.15, -0.1) is 0 Å². The zero-order chi connectivity index (χ0) is 14.5. The van der Waals surface area contributed by atoms with Gasteiger partial charge in [-0.1, -0.05) is 36.6 Å². The summed E-state index contributed by atoms with van der Waals surface area (Å²) in [5.41, 5.74) is 0. The summed E-state index contributed by atoms with van der Waals surface area (Å²) in [6.45, 7) is 3.02. The van der Waals surface area contributed by atoms with Gasteiger partial charge < -0.3 is 9.26 Å². The van der Waals surface area contributed by atoms with Crippen molar-refractivity contribution >= 4 is 0 Å². The van der Waals surface area contributed by atoms with Gasteiger partial charge in [-0.3, -0.25) is 4.90 Å². The van der Waals surface area contributed by atoms with E-state index in [1.54, 1.807) is 0 Å². The predicted molar refractivity (Wildman–Crippen MR) is 80.2 cm³/mol. The Kier molecular flexibility index (Phi) is 3.11. The van der Waals surface area contributed by atoms with Crippen molar-refractivity contribution in [3.8, 4) is 0 Å². The summed E-state index contributed by atoms with van der Waals surface area (Å²) < 4.78 is 11.5. The molecule has 0 amide bonds. The highest BCUT2D eigenvalue weighted by Gasteiger charge is 2.50. The van der Waals surface area contributed by atoms with E-state index in [0.29, 0.717) is 30.0 Å². The molecule has 1 aromatic heterocycles. The number of aromatic nitrogens is 2. The molecule has 2 saturated heterocycles. The van der Waals surface area contributed by atoms with Crippen LogP contribution in [0.25, 0.3) is 0 Å². The van der Waals surface area contributed by atoms with Crippen molar-refractivity contribution in [1.29, 1.82) is 0 Å². The molecule has 0 aromatic carbocycles. The van der Waals surface area contributed by atoms with Crippen molar-refractivity contribution in [2.24, 2.45) is 11.8 Å². The van der Waals surface area contributed by atoms with Gasteiger partial charge in [-0.05, 0) is 12.8 Å². The van der Waals surface area contributed by atoms with Gasteiger partial charge in [0, 0.05) is 30.8 Å². The van der Waals surface area contributed by atoms with E-state index in [0.717, 1.165) is 31.3 Å². The maximum absolute atomic E-state index is 5.93. The second-order valence-electron chi connectivity index (χ2n) is 7.36. The first-order valence-electron chi connectivity index (χ1n) is 8.75. The zero-order valence-corrected chi connectivity index (χ0v) is 12.9. The zero-order valence-electron chi connectivity index (χ0n) is 12.9. The first-order valence-corrected chi connectivity index (χ1v) is 8.75. The lowest BCUT2D eigenvalue weighted by molar-refractivity contribution is 0.0834. The number of ether oxygens (including phenoxy) is 1. The van der Waals surface area contributed by atoms with Crippen molar-refractivity contribution < 1.29 is 9.26 Å². The van der Waals surface area contributed by atoms with Crippen molar-refractivity contribution in [1.82, 2.24) is 15.0 Å². The van der Waals surface area contributed by atoms with Gasteiger partial charge in [-0.25, -0.2) is 0 Å². The fraction of sp³-hybridized carbons (Fsp3) is 0.765. The minimum Gasteiger partial charge on any atom is -0.366 e. The van der Waals surface area contributed by atoms with Gasteiger partial charge in [0.1, 0.15) is 0 Å². The fourth-order valence-corrected chi connectivity index (χ4v) is 4.79. The molecule has 1 aliphatic carbocycles. The largest absolute Gasteiger partial charge is 0.366 e. The molecule has 0 spiro atoms. The first kappa shape index (κ1) is 13.3. The smallest absolute Gasteiger partial charge is 0.229 e. The summed E-state index contributed by atoms with van der Waals surface area (Å²) in [5.74, 6) is 3.57. The second-order valence-corrected chi connectivity index (χ2v) is 7.36. The minimum atomic E-state index is 0.350. The highest BCUT2D eigenvalue weighted by Crippen LogP contribution is 2.43. The second kappa shape index (κ2) is 5.17. The average Bonchev–Trinajstić information content (AvgIpc) is 3.30. The average molecular weight is 301 g/mol. The summed E-state index contributed by atoms with van der Waals surface area (Å²) in [5, 5.41) is 4.23. The van der Waals surface area contributed by atoms with Gasteiger partial charge in [-0.2, -0.15) is 4.98 Å². The SMILES string of the molecule is C1=CC2OC1C1CN(Cc3noc(C4CCCCC4)n3)CC21. The van der Waals surface area contributed by atoms with E-state index in [4.69, 9.17) is 9.26 Å². The monoisotopic (exact) mass is 301 g/mol. The molecule has 1 saturated carbocycles. The van der Waals surface area contributed by atoms with E-state index < -0.39 is 0 Å². The van der Waals surface area contributed by atoms with Gasteiger partial charge >= 0.3 is 0 Å². The van der Waals surface area contributed by atoms with Crippen LogP contribution >= 0.6 is 0 Å². The Hall–Kier alpha value is -1.20. The number of rotatable bonds is 3. The normalized spacial score (nSPS) is 38.0. The van der Waals surface area contributed by atoms with Crippen LogP contribution in [0.1, 0.15) is 49.7 Å². The van der Waals surface area contributed by atoms with E-state index in [-0.39, 0.29) is 0 Å². The summed E-state index contributed by atoms with van der Waals surface area (Å²) >= 11 is 0. The summed E-state index contributed by atoms with van der Waals surface area (Å²) in [6, 6.07) is 0. The lowest BCUT2D eigenvalue weighted by Gasteiger charge is -2.17. The van der Waals surface area contributed by atoms with Crippen LogP contribution in [0.5, 0.6) is 0 Å². The highest BCUT2D eigenvalue weighted by atomic mass is 16.5. The van der Waals surface area contributed by atoms with Crippen molar-refractivity contribution in [3.63, 3.8) is 0 Å². The number of fused-ring (bicyclic) bond motifs is 5. The Labute approximate surface area is 130 Å². The van der Waals surface area contributed by atoms with E-state index in [2.05, 4.69) is 27.2 Å². The Morgan fingerprint density at radius 2 is 1.77 bits per heavy atom. The number of hydrogen-bond acceptors (Lipinski definition) is 5. The van der Waals surface area contributed by atoms with Crippen molar-refractivity contribution in [2.45, 2.75) is 56.8 Å². The summed E-state index contributed by atoms with van der Waals surface area (Å²) in [6.07, 6.45) is 11.6. The van der Waals surface area contributed by atoms with Gasteiger partial charge in [0.05, 0.1) is 18.8 Å². The molecule has 118 valence electrons. The van der Waals surface area contributed by atoms with Crippen LogP contribution in [-0.4, -0.2) is 40.3 Å². The fourth-order valence-electron chi connectivity index (χ4n) is 4.79. The number of likely N-dealkylation sites (tertiary alicyclic amines) is 1. The first-order chi connectivity index (χ1) is 10.9. The third kappa shape index (κ3) is 2.14. The molecule has 5 heteroatoms. The van der Waals surface area contributed by atoms with Gasteiger partial charge in [0.15, 0.2) is 5.82 Å². The van der Waals surface area contributed by atoms with Crippen molar-refractivity contribution in [2.75, 3.05) is 13.1 Å². The Morgan fingerprint density at radius 3 is 2.50 bits per heavy atom. The lowest BCUT2D eigenvalue weighted by Crippen LogP contribution is -2.25. The highest BCUT2D eigenvalue weighted by molar-refractivity contribution is 5.17. The molecule has 1 aromatic rings. The third-order valence-electron chi connectivity index (χ3n) is 5.94. The van der Waals surface area contributed by atoms with Gasteiger partial charge in [0.2, 0.25) is 5.89 Å². The van der Waals surface area contributed by atoms with Crippen LogP contribution < -0.4 is 0 Å². The van der Waals surface area contributed by atoms with Crippen molar-refractivity contribution in [3.05, 3.63) is 23.9 Å². The van der Waals surface area contributed by atoms with Crippen LogP contribution in [0.4, 0.5) is 0 Å². The summed E-state index contributed by atoms with van der Waals surface area (Å²) in [7, 11) is 0. The molecule has 0 N–H and O–H groups in total. The van der Waals surface area contributed by atoms with E-state index in [1.165, 1.54) is 32.1 Å². The third-order valence-corrected chi connectivity index (χ3v) is 5.94. The summed E-state index contributed by atoms with van der Waals surface area (Å²) in [4.78, 5) is 7.15. The molecule has 4 unspecified atom stereocenters. The molecule has 3 aliphatic heterocycles. The Balaban J connectivity index is 1.23. The minimum absolute atomic E-state index is 0.350. The maximum Gasteiger partial charge on any atom is 0.229 e. The molecule has 0 radical (unpaired) electrons.